The molecule has 0 aromatic heterocycles. The molecule has 0 aromatic rings. The van der Waals surface area contributed by atoms with Crippen LogP contribution in [0.1, 0.15) is 19.8 Å². The fraction of sp³-hybridized carbons (Fsp3) is 1.00. The third-order valence-corrected chi connectivity index (χ3v) is 3.80. The normalized spacial score (nSPS) is 53.0. The van der Waals surface area contributed by atoms with Gasteiger partial charge in [0.1, 0.15) is 4.33 Å². The van der Waals surface area contributed by atoms with E-state index in [-0.39, 0.29) is 4.33 Å². The molecule has 2 aliphatic carbocycles. The van der Waals surface area contributed by atoms with E-state index >= 15 is 0 Å². The molecule has 0 radical (unpaired) electrons. The van der Waals surface area contributed by atoms with Gasteiger partial charge in [-0.25, -0.2) is 0 Å². The van der Waals surface area contributed by atoms with Crippen LogP contribution in [0.5, 0.6) is 0 Å². The maximum atomic E-state index is 5.94. The molecule has 2 rings (SSSR count). The van der Waals surface area contributed by atoms with Gasteiger partial charge in [0.25, 0.3) is 0 Å². The molecule has 0 saturated heterocycles. The minimum atomic E-state index is -0.313. The lowest BCUT2D eigenvalue weighted by atomic mass is 10.1. The fourth-order valence-electron chi connectivity index (χ4n) is 2.07. The van der Waals surface area contributed by atoms with E-state index in [4.69, 9.17) is 23.2 Å². The summed E-state index contributed by atoms with van der Waals surface area (Å²) in [5.41, 5.74) is 0. The van der Waals surface area contributed by atoms with Crippen LogP contribution >= 0.6 is 23.2 Å². The van der Waals surface area contributed by atoms with Gasteiger partial charge < -0.3 is 0 Å². The van der Waals surface area contributed by atoms with E-state index in [1.807, 2.05) is 0 Å². The van der Waals surface area contributed by atoms with Crippen LogP contribution in [0.4, 0.5) is 0 Å². The summed E-state index contributed by atoms with van der Waals surface area (Å²) in [5, 5.41) is 0. The van der Waals surface area contributed by atoms with Gasteiger partial charge in [0, 0.05) is 0 Å². The summed E-state index contributed by atoms with van der Waals surface area (Å²) in [5.74, 6) is 2.14. The van der Waals surface area contributed by atoms with Gasteiger partial charge in [-0.2, -0.15) is 0 Å². The molecule has 2 atom stereocenters. The monoisotopic (exact) mass is 164 g/mol. The smallest absolute Gasteiger partial charge is 0.101 e. The summed E-state index contributed by atoms with van der Waals surface area (Å²) in [4.78, 5) is 0. The zero-order chi connectivity index (χ0) is 6.65. The van der Waals surface area contributed by atoms with E-state index in [0.29, 0.717) is 11.8 Å². The Hall–Kier alpha value is 0.580. The maximum Gasteiger partial charge on any atom is 0.124 e. The fourth-order valence-corrected chi connectivity index (χ4v) is 2.91. The molecule has 2 saturated carbocycles. The Bertz CT molecular complexity index is 128. The lowest BCUT2D eigenvalue weighted by Crippen LogP contribution is -2.01. The molecule has 0 heterocycles. The molecule has 2 heteroatoms. The summed E-state index contributed by atoms with van der Waals surface area (Å²) >= 11 is 11.9. The van der Waals surface area contributed by atoms with Gasteiger partial charge in [0.2, 0.25) is 0 Å². The van der Waals surface area contributed by atoms with Crippen LogP contribution in [0.15, 0.2) is 0 Å². The Morgan fingerprint density at radius 1 is 1.22 bits per heavy atom. The van der Waals surface area contributed by atoms with Gasteiger partial charge in [-0.3, -0.25) is 0 Å². The van der Waals surface area contributed by atoms with Crippen LogP contribution in [0.3, 0.4) is 0 Å². The molecule has 0 aromatic carbocycles. The first-order chi connectivity index (χ1) is 4.12. The van der Waals surface area contributed by atoms with E-state index in [1.165, 1.54) is 12.8 Å². The second-order valence-corrected chi connectivity index (χ2v) is 4.91. The predicted molar refractivity (Wildman–Crippen MR) is 39.8 cm³/mol. The lowest BCUT2D eigenvalue weighted by molar-refractivity contribution is 0.526. The van der Waals surface area contributed by atoms with Crippen molar-refractivity contribution in [1.82, 2.24) is 0 Å². The molecule has 0 N–H and O–H groups in total. The molecule has 2 fully saturated rings. The number of alkyl halides is 2. The molecule has 0 aliphatic heterocycles. The first kappa shape index (κ1) is 6.30. The molecule has 0 amide bonds. The highest BCUT2D eigenvalue weighted by molar-refractivity contribution is 6.51. The lowest BCUT2D eigenvalue weighted by Gasteiger charge is -2.07. The zero-order valence-electron chi connectivity index (χ0n) is 5.40. The van der Waals surface area contributed by atoms with Crippen molar-refractivity contribution in [3.63, 3.8) is 0 Å². The van der Waals surface area contributed by atoms with Crippen molar-refractivity contribution in [2.75, 3.05) is 0 Å². The van der Waals surface area contributed by atoms with Crippen molar-refractivity contribution in [2.24, 2.45) is 17.8 Å². The number of hydrogen-bond donors (Lipinski definition) is 0. The SMILES string of the molecule is CC1CC2C(C1)C2(Cl)Cl. The molecule has 52 valence electrons. The van der Waals surface area contributed by atoms with E-state index in [0.717, 1.165) is 5.92 Å². The summed E-state index contributed by atoms with van der Waals surface area (Å²) in [7, 11) is 0. The third-order valence-electron chi connectivity index (χ3n) is 2.68. The molecule has 2 aliphatic rings. The molecular formula is C7H10Cl2. The van der Waals surface area contributed by atoms with Gasteiger partial charge >= 0.3 is 0 Å². The minimum Gasteiger partial charge on any atom is -0.101 e. The van der Waals surface area contributed by atoms with Gasteiger partial charge in [0.05, 0.1) is 0 Å². The number of hydrogen-bond acceptors (Lipinski definition) is 0. The highest BCUT2D eigenvalue weighted by Gasteiger charge is 2.66. The van der Waals surface area contributed by atoms with Crippen molar-refractivity contribution < 1.29 is 0 Å². The number of fused-ring (bicyclic) bond motifs is 1. The van der Waals surface area contributed by atoms with Crippen molar-refractivity contribution in [1.29, 1.82) is 0 Å². The minimum absolute atomic E-state index is 0.313. The quantitative estimate of drug-likeness (QED) is 0.484. The highest BCUT2D eigenvalue weighted by Crippen LogP contribution is 2.68. The Labute approximate surface area is 65.5 Å². The second kappa shape index (κ2) is 1.60. The van der Waals surface area contributed by atoms with Crippen LogP contribution < -0.4 is 0 Å². The zero-order valence-corrected chi connectivity index (χ0v) is 6.91. The van der Waals surface area contributed by atoms with Gasteiger partial charge in [-0.05, 0) is 30.6 Å². The molecule has 0 nitrogen and oxygen atoms in total. The molecule has 9 heavy (non-hydrogen) atoms. The third kappa shape index (κ3) is 0.729. The van der Waals surface area contributed by atoms with Crippen molar-refractivity contribution in [2.45, 2.75) is 24.1 Å². The maximum absolute atomic E-state index is 5.94. The number of halogens is 2. The molecular weight excluding hydrogens is 155 g/mol. The first-order valence-electron chi connectivity index (χ1n) is 3.50. The van der Waals surface area contributed by atoms with E-state index < -0.39 is 0 Å². The van der Waals surface area contributed by atoms with Gasteiger partial charge in [0.15, 0.2) is 0 Å². The standard InChI is InChI=1S/C7H10Cl2/c1-4-2-5-6(3-4)7(5,8)9/h4-6H,2-3H2,1H3. The van der Waals surface area contributed by atoms with Crippen molar-refractivity contribution >= 4 is 23.2 Å². The van der Waals surface area contributed by atoms with E-state index in [9.17, 15) is 0 Å². The van der Waals surface area contributed by atoms with Crippen LogP contribution in [-0.4, -0.2) is 4.33 Å². The van der Waals surface area contributed by atoms with Gasteiger partial charge in [-0.1, -0.05) is 6.92 Å². The Balaban J connectivity index is 2.06. The Kier molecular flexibility index (Phi) is 1.12. The van der Waals surface area contributed by atoms with E-state index in [1.54, 1.807) is 0 Å². The predicted octanol–water partition coefficient (Wildman–Crippen LogP) is 2.84. The summed E-state index contributed by atoms with van der Waals surface area (Å²) in [6.45, 7) is 2.27. The van der Waals surface area contributed by atoms with Gasteiger partial charge in [-0.15, -0.1) is 23.2 Å². The molecule has 0 spiro atoms. The first-order valence-corrected chi connectivity index (χ1v) is 4.25. The Morgan fingerprint density at radius 3 is 2.00 bits per heavy atom. The second-order valence-electron chi connectivity index (χ2n) is 3.46. The van der Waals surface area contributed by atoms with Crippen molar-refractivity contribution in [3.05, 3.63) is 0 Å². The average Bonchev–Trinajstić information content (AvgIpc) is 2.27. The molecule has 0 bridgehead atoms. The van der Waals surface area contributed by atoms with Crippen LogP contribution in [0, 0.1) is 17.8 Å². The van der Waals surface area contributed by atoms with Crippen molar-refractivity contribution in [3.8, 4) is 0 Å². The topological polar surface area (TPSA) is 0 Å². The average molecular weight is 165 g/mol. The highest BCUT2D eigenvalue weighted by atomic mass is 35.5. The molecule has 2 unspecified atom stereocenters. The van der Waals surface area contributed by atoms with Crippen LogP contribution in [-0.2, 0) is 0 Å². The summed E-state index contributed by atoms with van der Waals surface area (Å²) in [6.07, 6.45) is 2.50. The van der Waals surface area contributed by atoms with Crippen LogP contribution in [0.25, 0.3) is 0 Å². The van der Waals surface area contributed by atoms with E-state index in [2.05, 4.69) is 6.92 Å². The summed E-state index contributed by atoms with van der Waals surface area (Å²) < 4.78 is -0.313. The number of rotatable bonds is 0. The Morgan fingerprint density at radius 2 is 1.67 bits per heavy atom. The summed E-state index contributed by atoms with van der Waals surface area (Å²) in [6, 6.07) is 0. The van der Waals surface area contributed by atoms with Crippen LogP contribution in [0.2, 0.25) is 0 Å². The largest absolute Gasteiger partial charge is 0.124 e.